The number of nitrogens with one attached hydrogen (secondary N) is 3. The SMILES string of the molecule is CCCNCCNC(=O)C(NC(=O)c1ccco1)C(C)C. The molecule has 0 aliphatic rings. The Bertz CT molecular complexity index is 429. The molecule has 118 valence electrons. The highest BCUT2D eigenvalue weighted by atomic mass is 16.3. The molecule has 21 heavy (non-hydrogen) atoms. The van der Waals surface area contributed by atoms with Gasteiger partial charge in [-0.25, -0.2) is 0 Å². The van der Waals surface area contributed by atoms with E-state index in [1.807, 2.05) is 13.8 Å². The molecule has 6 heteroatoms. The van der Waals surface area contributed by atoms with Crippen LogP contribution in [0.3, 0.4) is 0 Å². The molecule has 1 aromatic rings. The van der Waals surface area contributed by atoms with Crippen LogP contribution in [0, 0.1) is 5.92 Å². The van der Waals surface area contributed by atoms with Crippen LogP contribution in [0.2, 0.25) is 0 Å². The highest BCUT2D eigenvalue weighted by Crippen LogP contribution is 2.05. The first kappa shape index (κ1) is 17.2. The van der Waals surface area contributed by atoms with Gasteiger partial charge in [0.05, 0.1) is 6.26 Å². The molecule has 0 saturated carbocycles. The van der Waals surface area contributed by atoms with E-state index in [0.29, 0.717) is 6.54 Å². The molecule has 1 rings (SSSR count). The van der Waals surface area contributed by atoms with E-state index in [9.17, 15) is 9.59 Å². The van der Waals surface area contributed by atoms with Gasteiger partial charge >= 0.3 is 0 Å². The van der Waals surface area contributed by atoms with E-state index < -0.39 is 6.04 Å². The minimum atomic E-state index is -0.575. The molecule has 1 aromatic heterocycles. The van der Waals surface area contributed by atoms with E-state index in [4.69, 9.17) is 4.42 Å². The van der Waals surface area contributed by atoms with Crippen LogP contribution in [0.4, 0.5) is 0 Å². The lowest BCUT2D eigenvalue weighted by Crippen LogP contribution is -2.50. The summed E-state index contributed by atoms with van der Waals surface area (Å²) in [5, 5.41) is 8.74. The van der Waals surface area contributed by atoms with Crippen LogP contribution < -0.4 is 16.0 Å². The Labute approximate surface area is 125 Å². The van der Waals surface area contributed by atoms with Crippen LogP contribution in [0.15, 0.2) is 22.8 Å². The van der Waals surface area contributed by atoms with Crippen LogP contribution in [0.25, 0.3) is 0 Å². The van der Waals surface area contributed by atoms with Crippen molar-refractivity contribution >= 4 is 11.8 Å². The van der Waals surface area contributed by atoms with Crippen LogP contribution >= 0.6 is 0 Å². The second-order valence-electron chi connectivity index (χ2n) is 5.21. The first-order chi connectivity index (χ1) is 10.1. The average molecular weight is 295 g/mol. The maximum Gasteiger partial charge on any atom is 0.287 e. The third-order valence-electron chi connectivity index (χ3n) is 3.01. The molecule has 1 heterocycles. The van der Waals surface area contributed by atoms with Gasteiger partial charge in [0.2, 0.25) is 5.91 Å². The Hall–Kier alpha value is -1.82. The van der Waals surface area contributed by atoms with Gasteiger partial charge in [0.25, 0.3) is 5.91 Å². The lowest BCUT2D eigenvalue weighted by atomic mass is 10.0. The van der Waals surface area contributed by atoms with Crippen molar-refractivity contribution in [3.63, 3.8) is 0 Å². The second kappa shape index (κ2) is 9.18. The number of hydrogen-bond donors (Lipinski definition) is 3. The van der Waals surface area contributed by atoms with Crippen molar-refractivity contribution in [3.8, 4) is 0 Å². The number of furan rings is 1. The summed E-state index contributed by atoms with van der Waals surface area (Å²) in [5.41, 5.74) is 0. The summed E-state index contributed by atoms with van der Waals surface area (Å²) in [6.07, 6.45) is 2.49. The molecule has 0 aliphatic heterocycles. The van der Waals surface area contributed by atoms with Gasteiger partial charge in [0.15, 0.2) is 5.76 Å². The molecular weight excluding hydrogens is 270 g/mol. The van der Waals surface area contributed by atoms with Gasteiger partial charge in [-0.05, 0) is 31.0 Å². The smallest absolute Gasteiger partial charge is 0.287 e. The fraction of sp³-hybridized carbons (Fsp3) is 0.600. The molecular formula is C15H25N3O3. The maximum absolute atomic E-state index is 12.1. The number of amides is 2. The van der Waals surface area contributed by atoms with Gasteiger partial charge in [-0.2, -0.15) is 0 Å². The lowest BCUT2D eigenvalue weighted by molar-refractivity contribution is -0.123. The zero-order valence-corrected chi connectivity index (χ0v) is 12.9. The largest absolute Gasteiger partial charge is 0.459 e. The highest BCUT2D eigenvalue weighted by molar-refractivity contribution is 5.95. The van der Waals surface area contributed by atoms with Crippen molar-refractivity contribution in [1.82, 2.24) is 16.0 Å². The van der Waals surface area contributed by atoms with E-state index in [1.165, 1.54) is 6.26 Å². The summed E-state index contributed by atoms with van der Waals surface area (Å²) in [6.45, 7) is 8.06. The fourth-order valence-electron chi connectivity index (χ4n) is 1.84. The second-order valence-corrected chi connectivity index (χ2v) is 5.21. The van der Waals surface area contributed by atoms with Crippen LogP contribution in [0.1, 0.15) is 37.7 Å². The summed E-state index contributed by atoms with van der Waals surface area (Å²) in [6, 6.07) is 2.63. The molecule has 6 nitrogen and oxygen atoms in total. The summed E-state index contributed by atoms with van der Waals surface area (Å²) in [4.78, 5) is 24.1. The van der Waals surface area contributed by atoms with E-state index in [1.54, 1.807) is 12.1 Å². The molecule has 3 N–H and O–H groups in total. The number of hydrogen-bond acceptors (Lipinski definition) is 4. The van der Waals surface area contributed by atoms with Gasteiger partial charge in [-0.3, -0.25) is 9.59 Å². The Balaban J connectivity index is 2.45. The van der Waals surface area contributed by atoms with Crippen molar-refractivity contribution < 1.29 is 14.0 Å². The standard InChI is InChI=1S/C15H25N3O3/c1-4-7-16-8-9-17-15(20)13(11(2)3)18-14(19)12-6-5-10-21-12/h5-6,10-11,13,16H,4,7-9H2,1-3H3,(H,17,20)(H,18,19). The van der Waals surface area contributed by atoms with E-state index >= 15 is 0 Å². The fourth-order valence-corrected chi connectivity index (χ4v) is 1.84. The summed E-state index contributed by atoms with van der Waals surface area (Å²) < 4.78 is 5.03. The van der Waals surface area contributed by atoms with Crippen LogP contribution in [-0.2, 0) is 4.79 Å². The number of carbonyl (C=O) groups is 2. The number of rotatable bonds is 9. The molecule has 0 bridgehead atoms. The van der Waals surface area contributed by atoms with Gasteiger partial charge in [-0.15, -0.1) is 0 Å². The Morgan fingerprint density at radius 3 is 2.57 bits per heavy atom. The molecule has 0 radical (unpaired) electrons. The molecule has 1 unspecified atom stereocenters. The molecule has 2 amide bonds. The molecule has 0 aromatic carbocycles. The van der Waals surface area contributed by atoms with Crippen molar-refractivity contribution in [3.05, 3.63) is 24.2 Å². The lowest BCUT2D eigenvalue weighted by Gasteiger charge is -2.21. The molecule has 0 aliphatic carbocycles. The minimum absolute atomic E-state index is 0.00693. The Morgan fingerprint density at radius 2 is 2.00 bits per heavy atom. The molecule has 0 spiro atoms. The van der Waals surface area contributed by atoms with Crippen molar-refractivity contribution in [2.75, 3.05) is 19.6 Å². The van der Waals surface area contributed by atoms with Crippen LogP contribution in [0.5, 0.6) is 0 Å². The molecule has 1 atom stereocenters. The zero-order valence-electron chi connectivity index (χ0n) is 12.9. The van der Waals surface area contributed by atoms with E-state index in [-0.39, 0.29) is 23.5 Å². The van der Waals surface area contributed by atoms with E-state index in [0.717, 1.165) is 19.5 Å². The minimum Gasteiger partial charge on any atom is -0.459 e. The normalized spacial score (nSPS) is 12.2. The maximum atomic E-state index is 12.1. The average Bonchev–Trinajstić information content (AvgIpc) is 2.98. The van der Waals surface area contributed by atoms with Gasteiger partial charge < -0.3 is 20.4 Å². The Morgan fingerprint density at radius 1 is 1.24 bits per heavy atom. The van der Waals surface area contributed by atoms with E-state index in [2.05, 4.69) is 22.9 Å². The molecule has 0 fully saturated rings. The summed E-state index contributed by atoms with van der Waals surface area (Å²) >= 11 is 0. The third kappa shape index (κ3) is 5.99. The zero-order chi connectivity index (χ0) is 15.7. The Kier molecular flexibility index (Phi) is 7.53. The quantitative estimate of drug-likeness (QED) is 0.597. The molecule has 0 saturated heterocycles. The van der Waals surface area contributed by atoms with Crippen LogP contribution in [-0.4, -0.2) is 37.5 Å². The highest BCUT2D eigenvalue weighted by Gasteiger charge is 2.25. The first-order valence-electron chi connectivity index (χ1n) is 7.39. The monoisotopic (exact) mass is 295 g/mol. The van der Waals surface area contributed by atoms with Gasteiger partial charge in [-0.1, -0.05) is 20.8 Å². The summed E-state index contributed by atoms with van der Waals surface area (Å²) in [7, 11) is 0. The predicted molar refractivity (Wildman–Crippen MR) is 81.0 cm³/mol. The number of carbonyl (C=O) groups excluding carboxylic acids is 2. The topological polar surface area (TPSA) is 83.4 Å². The van der Waals surface area contributed by atoms with Crippen molar-refractivity contribution in [1.29, 1.82) is 0 Å². The van der Waals surface area contributed by atoms with Crippen molar-refractivity contribution in [2.24, 2.45) is 5.92 Å². The summed E-state index contributed by atoms with van der Waals surface area (Å²) in [5.74, 6) is -0.355. The van der Waals surface area contributed by atoms with Gasteiger partial charge in [0.1, 0.15) is 6.04 Å². The predicted octanol–water partition coefficient (Wildman–Crippen LogP) is 1.15. The first-order valence-corrected chi connectivity index (χ1v) is 7.39. The third-order valence-corrected chi connectivity index (χ3v) is 3.01. The van der Waals surface area contributed by atoms with Gasteiger partial charge in [0, 0.05) is 13.1 Å². The van der Waals surface area contributed by atoms with Crippen molar-refractivity contribution in [2.45, 2.75) is 33.2 Å².